The van der Waals surface area contributed by atoms with Crippen molar-refractivity contribution in [2.45, 2.75) is 6.61 Å². The van der Waals surface area contributed by atoms with Gasteiger partial charge in [-0.15, -0.1) is 0 Å². The molecule has 3 aromatic rings. The Kier molecular flexibility index (Phi) is 6.09. The molecule has 0 aliphatic rings. The van der Waals surface area contributed by atoms with E-state index in [2.05, 4.69) is 0 Å². The van der Waals surface area contributed by atoms with Gasteiger partial charge in [0, 0.05) is 0 Å². The van der Waals surface area contributed by atoms with E-state index in [1.807, 2.05) is 54.6 Å². The molecule has 0 saturated carbocycles. The van der Waals surface area contributed by atoms with Crippen molar-refractivity contribution in [1.82, 2.24) is 0 Å². The molecule has 0 radical (unpaired) electrons. The molecule has 0 saturated heterocycles. The Hall–Kier alpha value is -1.86. The number of halogens is 2. The van der Waals surface area contributed by atoms with Crippen molar-refractivity contribution in [3.05, 3.63) is 94.0 Å². The standard InChI is InChI=1S/C20H15Cl2O2P/c21-17-7-4-8-18(22)19(17)20(23)25-16-11-9-15(10-12-16)24-13-14-5-2-1-3-6-14/h1-12,25H,13H2. The number of benzene rings is 3. The zero-order valence-corrected chi connectivity index (χ0v) is 15.7. The van der Waals surface area contributed by atoms with Crippen molar-refractivity contribution in [3.8, 4) is 5.75 Å². The molecular weight excluding hydrogens is 374 g/mol. The van der Waals surface area contributed by atoms with E-state index in [1.165, 1.54) is 0 Å². The van der Waals surface area contributed by atoms with Gasteiger partial charge in [-0.05, 0) is 43.7 Å². The highest BCUT2D eigenvalue weighted by Crippen LogP contribution is 2.30. The summed E-state index contributed by atoms with van der Waals surface area (Å²) in [5.41, 5.74) is 1.42. The van der Waals surface area contributed by atoms with Crippen LogP contribution in [0, 0.1) is 0 Å². The summed E-state index contributed by atoms with van der Waals surface area (Å²) in [6.45, 7) is 0.511. The van der Waals surface area contributed by atoms with Crippen LogP contribution in [0.4, 0.5) is 0 Å². The van der Waals surface area contributed by atoms with Crippen LogP contribution in [0.15, 0.2) is 72.8 Å². The van der Waals surface area contributed by atoms with Crippen LogP contribution in [0.25, 0.3) is 0 Å². The average Bonchev–Trinajstić information content (AvgIpc) is 2.62. The lowest BCUT2D eigenvalue weighted by Gasteiger charge is -2.08. The lowest BCUT2D eigenvalue weighted by atomic mass is 10.2. The Morgan fingerprint density at radius 1 is 0.840 bits per heavy atom. The molecule has 0 N–H and O–H groups in total. The van der Waals surface area contributed by atoms with Gasteiger partial charge in [-0.2, -0.15) is 0 Å². The highest BCUT2D eigenvalue weighted by atomic mass is 35.5. The predicted molar refractivity (Wildman–Crippen MR) is 106 cm³/mol. The molecule has 0 amide bonds. The van der Waals surface area contributed by atoms with Crippen LogP contribution in [-0.4, -0.2) is 5.52 Å². The third kappa shape index (κ3) is 4.83. The maximum absolute atomic E-state index is 12.5. The maximum Gasteiger partial charge on any atom is 0.188 e. The second-order valence-electron chi connectivity index (χ2n) is 5.35. The van der Waals surface area contributed by atoms with Gasteiger partial charge >= 0.3 is 0 Å². The van der Waals surface area contributed by atoms with Gasteiger partial charge in [-0.3, -0.25) is 4.79 Å². The smallest absolute Gasteiger partial charge is 0.188 e. The van der Waals surface area contributed by atoms with Crippen LogP contribution in [0.3, 0.4) is 0 Å². The first kappa shape index (κ1) is 17.9. The monoisotopic (exact) mass is 388 g/mol. The molecule has 0 aliphatic heterocycles. The number of carbonyl (C=O) groups excluding carboxylic acids is 1. The van der Waals surface area contributed by atoms with Crippen LogP contribution in [0.1, 0.15) is 15.9 Å². The first-order chi connectivity index (χ1) is 12.1. The molecule has 126 valence electrons. The number of carbonyl (C=O) groups is 1. The summed E-state index contributed by atoms with van der Waals surface area (Å²) >= 11 is 12.2. The SMILES string of the molecule is O=C(Pc1ccc(OCc2ccccc2)cc1)c1c(Cl)cccc1Cl. The average molecular weight is 389 g/mol. The Morgan fingerprint density at radius 2 is 1.48 bits per heavy atom. The normalized spacial score (nSPS) is 11.0. The third-order valence-corrected chi connectivity index (χ3v) is 5.28. The summed E-state index contributed by atoms with van der Waals surface area (Å²) in [6, 6.07) is 22.6. The van der Waals surface area contributed by atoms with Crippen LogP contribution in [0.2, 0.25) is 10.0 Å². The van der Waals surface area contributed by atoms with Gasteiger partial charge in [-0.1, -0.05) is 71.7 Å². The minimum atomic E-state index is -0.0754. The molecule has 0 spiro atoms. The van der Waals surface area contributed by atoms with Gasteiger partial charge < -0.3 is 4.74 Å². The molecule has 5 heteroatoms. The van der Waals surface area contributed by atoms with Crippen LogP contribution in [0.5, 0.6) is 5.75 Å². The van der Waals surface area contributed by atoms with E-state index in [0.717, 1.165) is 16.6 Å². The van der Waals surface area contributed by atoms with Crippen molar-refractivity contribution in [3.63, 3.8) is 0 Å². The van der Waals surface area contributed by atoms with Gasteiger partial charge in [0.05, 0.1) is 15.6 Å². The fourth-order valence-corrected chi connectivity index (χ4v) is 4.00. The molecule has 0 heterocycles. The van der Waals surface area contributed by atoms with E-state index >= 15 is 0 Å². The molecule has 1 unspecified atom stereocenters. The first-order valence-electron chi connectivity index (χ1n) is 7.65. The summed E-state index contributed by atoms with van der Waals surface area (Å²) in [6.07, 6.45) is 0. The molecule has 2 nitrogen and oxygen atoms in total. The van der Waals surface area contributed by atoms with Crippen molar-refractivity contribution in [2.75, 3.05) is 0 Å². The molecule has 3 rings (SSSR count). The van der Waals surface area contributed by atoms with Crippen LogP contribution >= 0.6 is 31.8 Å². The van der Waals surface area contributed by atoms with E-state index < -0.39 is 0 Å². The van der Waals surface area contributed by atoms with Crippen LogP contribution in [-0.2, 0) is 6.61 Å². The predicted octanol–water partition coefficient (Wildman–Crippen LogP) is 5.72. The Labute approximate surface area is 158 Å². The number of hydrogen-bond acceptors (Lipinski definition) is 2. The van der Waals surface area contributed by atoms with Crippen molar-refractivity contribution < 1.29 is 9.53 Å². The third-order valence-electron chi connectivity index (χ3n) is 3.55. The zero-order chi connectivity index (χ0) is 17.6. The Bertz CT molecular complexity index is 844. The fourth-order valence-electron chi connectivity index (χ4n) is 2.28. The number of hydrogen-bond donors (Lipinski definition) is 0. The molecule has 0 aliphatic carbocycles. The van der Waals surface area contributed by atoms with E-state index in [1.54, 1.807) is 18.2 Å². The second-order valence-corrected chi connectivity index (χ2v) is 7.45. The Morgan fingerprint density at radius 3 is 2.12 bits per heavy atom. The summed E-state index contributed by atoms with van der Waals surface area (Å²) < 4.78 is 5.75. The minimum absolute atomic E-state index is 0.0436. The van der Waals surface area contributed by atoms with E-state index in [9.17, 15) is 4.79 Å². The summed E-state index contributed by atoms with van der Waals surface area (Å²) in [5, 5.41) is 1.67. The van der Waals surface area contributed by atoms with Gasteiger partial charge in [0.1, 0.15) is 12.4 Å². The van der Waals surface area contributed by atoms with Crippen molar-refractivity contribution in [2.24, 2.45) is 0 Å². The lowest BCUT2D eigenvalue weighted by Crippen LogP contribution is -2.03. The molecule has 1 atom stereocenters. The summed E-state index contributed by atoms with van der Waals surface area (Å²) in [5.74, 6) is 0.764. The van der Waals surface area contributed by atoms with Crippen molar-refractivity contribution >= 4 is 42.6 Å². The van der Waals surface area contributed by atoms with Gasteiger partial charge in [0.2, 0.25) is 0 Å². The van der Waals surface area contributed by atoms with E-state index in [4.69, 9.17) is 27.9 Å². The van der Waals surface area contributed by atoms with Crippen LogP contribution < -0.4 is 10.0 Å². The lowest BCUT2D eigenvalue weighted by molar-refractivity contribution is 0.108. The first-order valence-corrected chi connectivity index (χ1v) is 9.41. The summed E-state index contributed by atoms with van der Waals surface area (Å²) in [4.78, 5) is 12.5. The van der Waals surface area contributed by atoms with Crippen molar-refractivity contribution in [1.29, 1.82) is 0 Å². The molecule has 3 aromatic carbocycles. The Balaban J connectivity index is 1.63. The van der Waals surface area contributed by atoms with Gasteiger partial charge in [0.15, 0.2) is 5.52 Å². The zero-order valence-electron chi connectivity index (χ0n) is 13.2. The maximum atomic E-state index is 12.5. The quantitative estimate of drug-likeness (QED) is 0.505. The topological polar surface area (TPSA) is 26.3 Å². The molecule has 0 aromatic heterocycles. The summed E-state index contributed by atoms with van der Waals surface area (Å²) in [7, 11) is -0.0436. The highest BCUT2D eigenvalue weighted by Gasteiger charge is 2.15. The second kappa shape index (κ2) is 8.49. The van der Waals surface area contributed by atoms with E-state index in [-0.39, 0.29) is 14.1 Å². The van der Waals surface area contributed by atoms with Gasteiger partial charge in [0.25, 0.3) is 0 Å². The molecule has 0 fully saturated rings. The molecule has 25 heavy (non-hydrogen) atoms. The molecule has 0 bridgehead atoms. The largest absolute Gasteiger partial charge is 0.489 e. The van der Waals surface area contributed by atoms with E-state index in [0.29, 0.717) is 22.2 Å². The highest BCUT2D eigenvalue weighted by molar-refractivity contribution is 7.66. The van der Waals surface area contributed by atoms with Gasteiger partial charge in [-0.25, -0.2) is 0 Å². The molecular formula is C20H15Cl2O2P. The number of rotatable bonds is 6. The fraction of sp³-hybridized carbons (Fsp3) is 0.0500. The minimum Gasteiger partial charge on any atom is -0.489 e. The number of ether oxygens (including phenoxy) is 1.